The highest BCUT2D eigenvalue weighted by molar-refractivity contribution is 5.66. The van der Waals surface area contributed by atoms with E-state index in [4.69, 9.17) is 0 Å². The Morgan fingerprint density at radius 3 is 2.69 bits per heavy atom. The molecule has 1 rings (SSSR count). The summed E-state index contributed by atoms with van der Waals surface area (Å²) in [5, 5.41) is 0. The fraction of sp³-hybridized carbons (Fsp3) is 0.182. The molecule has 0 fully saturated rings. The second-order valence-electron chi connectivity index (χ2n) is 2.45. The van der Waals surface area contributed by atoms with Crippen LogP contribution in [0.15, 0.2) is 30.3 Å². The first kappa shape index (κ1) is 9.34. The van der Waals surface area contributed by atoms with Gasteiger partial charge in [0.1, 0.15) is 0 Å². The van der Waals surface area contributed by atoms with Crippen molar-refractivity contribution in [2.45, 2.75) is 6.92 Å². The molecule has 0 aliphatic rings. The first-order valence-corrected chi connectivity index (χ1v) is 3.96. The predicted octanol–water partition coefficient (Wildman–Crippen LogP) is 1.60. The third-order valence-corrected chi connectivity index (χ3v) is 1.35. The summed E-state index contributed by atoms with van der Waals surface area (Å²) in [6.07, 6.45) is 0. The van der Waals surface area contributed by atoms with Crippen LogP contribution in [-0.4, -0.2) is 12.6 Å². The molecule has 0 N–H and O–H groups in total. The average Bonchev–Trinajstić information content (AvgIpc) is 2.14. The van der Waals surface area contributed by atoms with E-state index in [0.29, 0.717) is 0 Å². The van der Waals surface area contributed by atoms with Gasteiger partial charge in [-0.15, -0.1) is 0 Å². The van der Waals surface area contributed by atoms with E-state index in [2.05, 4.69) is 16.6 Å². The lowest BCUT2D eigenvalue weighted by molar-refractivity contribution is -0.139. The normalized spacial score (nSPS) is 8.38. The minimum absolute atomic E-state index is 0.157. The van der Waals surface area contributed by atoms with Crippen LogP contribution in [0.5, 0.6) is 0 Å². The van der Waals surface area contributed by atoms with Crippen molar-refractivity contribution in [2.24, 2.45) is 0 Å². The SMILES string of the molecule is CC(=O)OCC#Cc1ccccc1. The largest absolute Gasteiger partial charge is 0.453 e. The Balaban J connectivity index is 2.44. The zero-order valence-corrected chi connectivity index (χ0v) is 7.41. The lowest BCUT2D eigenvalue weighted by Crippen LogP contribution is -1.97. The van der Waals surface area contributed by atoms with Crippen LogP contribution >= 0.6 is 0 Å². The summed E-state index contributed by atoms with van der Waals surface area (Å²) in [6, 6.07) is 9.56. The van der Waals surface area contributed by atoms with Gasteiger partial charge in [0.2, 0.25) is 0 Å². The van der Waals surface area contributed by atoms with E-state index in [1.165, 1.54) is 6.92 Å². The van der Waals surface area contributed by atoms with Crippen LogP contribution in [0.4, 0.5) is 0 Å². The molecule has 2 heteroatoms. The third-order valence-electron chi connectivity index (χ3n) is 1.35. The molecule has 2 nitrogen and oxygen atoms in total. The second-order valence-corrected chi connectivity index (χ2v) is 2.45. The van der Waals surface area contributed by atoms with Gasteiger partial charge in [-0.05, 0) is 12.1 Å². The van der Waals surface area contributed by atoms with Crippen molar-refractivity contribution in [2.75, 3.05) is 6.61 Å². The molecule has 0 atom stereocenters. The van der Waals surface area contributed by atoms with Crippen LogP contribution in [0.3, 0.4) is 0 Å². The van der Waals surface area contributed by atoms with Crippen molar-refractivity contribution in [1.29, 1.82) is 0 Å². The van der Waals surface area contributed by atoms with Gasteiger partial charge < -0.3 is 4.74 Å². The second kappa shape index (κ2) is 5.00. The van der Waals surface area contributed by atoms with Crippen LogP contribution in [0.1, 0.15) is 12.5 Å². The zero-order chi connectivity index (χ0) is 9.52. The molecule has 0 saturated carbocycles. The number of ether oxygens (including phenoxy) is 1. The smallest absolute Gasteiger partial charge is 0.303 e. The van der Waals surface area contributed by atoms with Gasteiger partial charge in [0, 0.05) is 12.5 Å². The minimum atomic E-state index is -0.303. The number of hydrogen-bond donors (Lipinski definition) is 0. The number of rotatable bonds is 1. The van der Waals surface area contributed by atoms with E-state index in [1.807, 2.05) is 30.3 Å². The molecule has 0 aliphatic carbocycles. The van der Waals surface area contributed by atoms with Crippen LogP contribution < -0.4 is 0 Å². The number of esters is 1. The minimum Gasteiger partial charge on any atom is -0.453 e. The average molecular weight is 174 g/mol. The van der Waals surface area contributed by atoms with Crippen molar-refractivity contribution >= 4 is 5.97 Å². The molecule has 0 bridgehead atoms. The van der Waals surface area contributed by atoms with Crippen LogP contribution in [0, 0.1) is 11.8 Å². The predicted molar refractivity (Wildman–Crippen MR) is 50.0 cm³/mol. The van der Waals surface area contributed by atoms with E-state index in [9.17, 15) is 4.79 Å². The molecular weight excluding hydrogens is 164 g/mol. The van der Waals surface area contributed by atoms with E-state index >= 15 is 0 Å². The van der Waals surface area contributed by atoms with Gasteiger partial charge in [0.15, 0.2) is 6.61 Å². The van der Waals surface area contributed by atoms with Gasteiger partial charge in [-0.2, -0.15) is 0 Å². The molecule has 0 aliphatic heterocycles. The van der Waals surface area contributed by atoms with Gasteiger partial charge in [-0.3, -0.25) is 4.79 Å². The van der Waals surface area contributed by atoms with Gasteiger partial charge in [-0.25, -0.2) is 0 Å². The quantitative estimate of drug-likeness (QED) is 0.477. The first-order chi connectivity index (χ1) is 6.29. The van der Waals surface area contributed by atoms with Crippen molar-refractivity contribution in [3.8, 4) is 11.8 Å². The van der Waals surface area contributed by atoms with Crippen molar-refractivity contribution in [3.05, 3.63) is 35.9 Å². The monoisotopic (exact) mass is 174 g/mol. The van der Waals surface area contributed by atoms with Gasteiger partial charge in [0.25, 0.3) is 0 Å². The summed E-state index contributed by atoms with van der Waals surface area (Å²) in [7, 11) is 0. The standard InChI is InChI=1S/C11H10O2/c1-10(12)13-9-5-8-11-6-3-2-4-7-11/h2-4,6-7H,9H2,1H3. The maximum absolute atomic E-state index is 10.4. The Morgan fingerprint density at radius 1 is 1.38 bits per heavy atom. The topological polar surface area (TPSA) is 26.3 Å². The summed E-state index contributed by atoms with van der Waals surface area (Å²) in [5.41, 5.74) is 0.926. The van der Waals surface area contributed by atoms with E-state index in [-0.39, 0.29) is 12.6 Å². The van der Waals surface area contributed by atoms with E-state index < -0.39 is 0 Å². The van der Waals surface area contributed by atoms with Crippen LogP contribution in [-0.2, 0) is 9.53 Å². The summed E-state index contributed by atoms with van der Waals surface area (Å²) in [6.45, 7) is 1.52. The number of benzene rings is 1. The molecule has 0 spiro atoms. The number of carbonyl (C=O) groups is 1. The lowest BCUT2D eigenvalue weighted by Gasteiger charge is -1.91. The molecule has 1 aromatic carbocycles. The zero-order valence-electron chi connectivity index (χ0n) is 7.41. The molecule has 66 valence electrons. The maximum atomic E-state index is 10.4. The summed E-state index contributed by atoms with van der Waals surface area (Å²) < 4.78 is 4.65. The number of hydrogen-bond acceptors (Lipinski definition) is 2. The van der Waals surface area contributed by atoms with E-state index in [1.54, 1.807) is 0 Å². The molecule has 0 heterocycles. The Labute approximate surface area is 77.5 Å². The van der Waals surface area contributed by atoms with Crippen LogP contribution in [0.2, 0.25) is 0 Å². The van der Waals surface area contributed by atoms with Gasteiger partial charge in [0.05, 0.1) is 0 Å². The molecule has 13 heavy (non-hydrogen) atoms. The van der Waals surface area contributed by atoms with Gasteiger partial charge in [-0.1, -0.05) is 30.0 Å². The highest BCUT2D eigenvalue weighted by atomic mass is 16.5. The lowest BCUT2D eigenvalue weighted by atomic mass is 10.2. The van der Waals surface area contributed by atoms with E-state index in [0.717, 1.165) is 5.56 Å². The molecule has 1 aromatic rings. The van der Waals surface area contributed by atoms with Crippen LogP contribution in [0.25, 0.3) is 0 Å². The summed E-state index contributed by atoms with van der Waals surface area (Å²) in [4.78, 5) is 10.4. The summed E-state index contributed by atoms with van der Waals surface area (Å²) >= 11 is 0. The molecule has 0 saturated heterocycles. The van der Waals surface area contributed by atoms with Crippen molar-refractivity contribution < 1.29 is 9.53 Å². The summed E-state index contributed by atoms with van der Waals surface area (Å²) in [5.74, 6) is 5.31. The maximum Gasteiger partial charge on any atom is 0.303 e. The molecule has 0 aromatic heterocycles. The highest BCUT2D eigenvalue weighted by Crippen LogP contribution is 1.94. The van der Waals surface area contributed by atoms with Crippen molar-refractivity contribution in [3.63, 3.8) is 0 Å². The number of carbonyl (C=O) groups excluding carboxylic acids is 1. The molecule has 0 unspecified atom stereocenters. The molecule has 0 radical (unpaired) electrons. The Hall–Kier alpha value is -1.75. The Kier molecular flexibility index (Phi) is 3.59. The first-order valence-electron chi connectivity index (χ1n) is 3.96. The fourth-order valence-electron chi connectivity index (χ4n) is 0.797. The molecular formula is C11H10O2. The van der Waals surface area contributed by atoms with Gasteiger partial charge >= 0.3 is 5.97 Å². The molecule has 0 amide bonds. The highest BCUT2D eigenvalue weighted by Gasteiger charge is 1.86. The Morgan fingerprint density at radius 2 is 2.08 bits per heavy atom. The third kappa shape index (κ3) is 3.97. The Bertz CT molecular complexity index is 330. The fourth-order valence-corrected chi connectivity index (χ4v) is 0.797. The van der Waals surface area contributed by atoms with Crippen molar-refractivity contribution in [1.82, 2.24) is 0 Å².